The Bertz CT molecular complexity index is 1280. The molecule has 4 aromatic rings. The van der Waals surface area contributed by atoms with Crippen molar-refractivity contribution in [3.63, 3.8) is 0 Å². The van der Waals surface area contributed by atoms with Crippen LogP contribution < -0.4 is 10.9 Å². The summed E-state index contributed by atoms with van der Waals surface area (Å²) >= 11 is 0. The van der Waals surface area contributed by atoms with Crippen molar-refractivity contribution in [1.82, 2.24) is 24.4 Å². The van der Waals surface area contributed by atoms with E-state index in [2.05, 4.69) is 10.3 Å². The summed E-state index contributed by atoms with van der Waals surface area (Å²) < 4.78 is 3.66. The van der Waals surface area contributed by atoms with E-state index in [1.807, 2.05) is 48.1 Å². The normalized spacial score (nSPS) is 16.6. The lowest BCUT2D eigenvalue weighted by Gasteiger charge is -2.24. The summed E-state index contributed by atoms with van der Waals surface area (Å²) in [5, 5.41) is 13.6. The Balaban J connectivity index is 1.66. The van der Waals surface area contributed by atoms with Crippen LogP contribution in [0.25, 0.3) is 33.5 Å². The summed E-state index contributed by atoms with van der Waals surface area (Å²) in [5.41, 5.74) is 3.18. The molecule has 0 spiro atoms. The lowest BCUT2D eigenvalue weighted by atomic mass is 9.99. The van der Waals surface area contributed by atoms with Gasteiger partial charge in [-0.05, 0) is 67.2 Å². The molecule has 1 saturated heterocycles. The number of benzene rings is 2. The maximum Gasteiger partial charge on any atom is 0.261 e. The Morgan fingerprint density at radius 1 is 1.16 bits per heavy atom. The SMILES string of the molecule is Cn1cnc(-c2nc3ccc(-c4ccc(O)cc4)cc3c(=O)n2CC2CCCNC2)c1. The fraction of sp³-hybridized carbons (Fsp3) is 0.292. The highest BCUT2D eigenvalue weighted by atomic mass is 16.3. The van der Waals surface area contributed by atoms with Crippen LogP contribution in [0, 0.1) is 5.92 Å². The van der Waals surface area contributed by atoms with Crippen molar-refractivity contribution in [2.45, 2.75) is 19.4 Å². The number of aryl methyl sites for hydroxylation is 1. The van der Waals surface area contributed by atoms with Crippen LogP contribution in [-0.4, -0.2) is 37.3 Å². The first-order chi connectivity index (χ1) is 15.1. The molecule has 2 aromatic carbocycles. The van der Waals surface area contributed by atoms with Gasteiger partial charge in [-0.1, -0.05) is 18.2 Å². The number of aromatic hydroxyl groups is 1. The van der Waals surface area contributed by atoms with Gasteiger partial charge >= 0.3 is 0 Å². The van der Waals surface area contributed by atoms with Gasteiger partial charge < -0.3 is 15.0 Å². The van der Waals surface area contributed by atoms with Crippen LogP contribution in [0.5, 0.6) is 5.75 Å². The highest BCUT2D eigenvalue weighted by molar-refractivity contribution is 5.85. The number of nitrogens with one attached hydrogen (secondary N) is 1. The van der Waals surface area contributed by atoms with Crippen LogP contribution in [0.2, 0.25) is 0 Å². The van der Waals surface area contributed by atoms with E-state index in [-0.39, 0.29) is 11.3 Å². The van der Waals surface area contributed by atoms with Crippen LogP contribution in [0.4, 0.5) is 0 Å². The average molecular weight is 415 g/mol. The number of imidazole rings is 1. The summed E-state index contributed by atoms with van der Waals surface area (Å²) in [6.45, 7) is 2.55. The van der Waals surface area contributed by atoms with Crippen molar-refractivity contribution in [3.05, 3.63) is 65.3 Å². The van der Waals surface area contributed by atoms with Crippen LogP contribution >= 0.6 is 0 Å². The molecule has 2 N–H and O–H groups in total. The van der Waals surface area contributed by atoms with Crippen molar-refractivity contribution in [2.75, 3.05) is 13.1 Å². The highest BCUT2D eigenvalue weighted by Gasteiger charge is 2.20. The molecule has 7 nitrogen and oxygen atoms in total. The predicted molar refractivity (Wildman–Crippen MR) is 121 cm³/mol. The minimum absolute atomic E-state index is 0.0446. The number of phenolic OH excluding ortho intramolecular Hbond substituents is 1. The van der Waals surface area contributed by atoms with Crippen LogP contribution in [0.3, 0.4) is 0 Å². The van der Waals surface area contributed by atoms with Gasteiger partial charge in [0, 0.05) is 19.8 Å². The van der Waals surface area contributed by atoms with Crippen molar-refractivity contribution in [3.8, 4) is 28.4 Å². The number of hydrogen-bond donors (Lipinski definition) is 2. The van der Waals surface area contributed by atoms with Gasteiger partial charge in [-0.3, -0.25) is 9.36 Å². The molecule has 0 saturated carbocycles. The lowest BCUT2D eigenvalue weighted by Crippen LogP contribution is -2.35. The molecule has 0 amide bonds. The minimum atomic E-state index is -0.0446. The van der Waals surface area contributed by atoms with Crippen LogP contribution in [-0.2, 0) is 13.6 Å². The number of phenols is 1. The molecule has 0 radical (unpaired) electrons. The Hall–Kier alpha value is -3.45. The largest absolute Gasteiger partial charge is 0.508 e. The zero-order chi connectivity index (χ0) is 21.4. The Labute approximate surface area is 180 Å². The second kappa shape index (κ2) is 8.00. The van der Waals surface area contributed by atoms with Crippen molar-refractivity contribution in [2.24, 2.45) is 13.0 Å². The topological polar surface area (TPSA) is 85.0 Å². The minimum Gasteiger partial charge on any atom is -0.508 e. The zero-order valence-electron chi connectivity index (χ0n) is 17.5. The Kier molecular flexibility index (Phi) is 5.03. The van der Waals surface area contributed by atoms with Gasteiger partial charge in [-0.15, -0.1) is 0 Å². The monoisotopic (exact) mass is 415 g/mol. The molecule has 0 bridgehead atoms. The summed E-state index contributed by atoms with van der Waals surface area (Å²) in [6.07, 6.45) is 5.83. The first-order valence-electron chi connectivity index (χ1n) is 10.6. The molecule has 0 aliphatic carbocycles. The van der Waals surface area contributed by atoms with E-state index in [4.69, 9.17) is 4.98 Å². The molecular formula is C24H25N5O2. The Morgan fingerprint density at radius 3 is 2.68 bits per heavy atom. The summed E-state index contributed by atoms with van der Waals surface area (Å²) in [7, 11) is 1.91. The first-order valence-corrected chi connectivity index (χ1v) is 10.6. The van der Waals surface area contributed by atoms with Crippen molar-refractivity contribution in [1.29, 1.82) is 0 Å². The maximum absolute atomic E-state index is 13.7. The van der Waals surface area contributed by atoms with E-state index in [0.717, 1.165) is 37.1 Å². The molecular weight excluding hydrogens is 390 g/mol. The van der Waals surface area contributed by atoms with Gasteiger partial charge in [-0.2, -0.15) is 0 Å². The average Bonchev–Trinajstić information content (AvgIpc) is 3.23. The molecule has 1 unspecified atom stereocenters. The lowest BCUT2D eigenvalue weighted by molar-refractivity contribution is 0.334. The molecule has 7 heteroatoms. The van der Waals surface area contributed by atoms with Gasteiger partial charge in [0.05, 0.1) is 17.2 Å². The molecule has 31 heavy (non-hydrogen) atoms. The first kappa shape index (κ1) is 19.5. The number of nitrogens with zero attached hydrogens (tertiary/aromatic N) is 4. The highest BCUT2D eigenvalue weighted by Crippen LogP contribution is 2.26. The van der Waals surface area contributed by atoms with Gasteiger partial charge in [-0.25, -0.2) is 9.97 Å². The smallest absolute Gasteiger partial charge is 0.261 e. The second-order valence-corrected chi connectivity index (χ2v) is 8.27. The van der Waals surface area contributed by atoms with Crippen molar-refractivity contribution < 1.29 is 5.11 Å². The maximum atomic E-state index is 13.7. The third kappa shape index (κ3) is 3.84. The number of rotatable bonds is 4. The molecule has 5 rings (SSSR count). The number of fused-ring (bicyclic) bond motifs is 1. The quantitative estimate of drug-likeness (QED) is 0.535. The molecule has 2 aromatic heterocycles. The van der Waals surface area contributed by atoms with Gasteiger partial charge in [0.2, 0.25) is 0 Å². The predicted octanol–water partition coefficient (Wildman–Crippen LogP) is 3.17. The summed E-state index contributed by atoms with van der Waals surface area (Å²) in [4.78, 5) is 23.0. The van der Waals surface area contributed by atoms with Crippen LogP contribution in [0.1, 0.15) is 12.8 Å². The van der Waals surface area contributed by atoms with Gasteiger partial charge in [0.25, 0.3) is 5.56 Å². The van der Waals surface area contributed by atoms with Crippen molar-refractivity contribution >= 4 is 10.9 Å². The second-order valence-electron chi connectivity index (χ2n) is 8.27. The number of hydrogen-bond acceptors (Lipinski definition) is 5. The van der Waals surface area contributed by atoms with E-state index in [9.17, 15) is 9.90 Å². The van der Waals surface area contributed by atoms with E-state index in [1.54, 1.807) is 23.0 Å². The van der Waals surface area contributed by atoms with Crippen LogP contribution in [0.15, 0.2) is 59.8 Å². The molecule has 158 valence electrons. The molecule has 1 aliphatic rings. The molecule has 1 fully saturated rings. The molecule has 1 aliphatic heterocycles. The zero-order valence-corrected chi connectivity index (χ0v) is 17.5. The fourth-order valence-electron chi connectivity index (χ4n) is 4.29. The third-order valence-corrected chi connectivity index (χ3v) is 5.93. The fourth-order valence-corrected chi connectivity index (χ4v) is 4.29. The van der Waals surface area contributed by atoms with E-state index in [1.165, 1.54) is 0 Å². The summed E-state index contributed by atoms with van der Waals surface area (Å²) in [6, 6.07) is 12.7. The molecule has 3 heterocycles. The van der Waals surface area contributed by atoms with Gasteiger partial charge in [0.1, 0.15) is 11.4 Å². The van der Waals surface area contributed by atoms with E-state index >= 15 is 0 Å². The standard InChI is InChI=1S/C24H25N5O2/c1-28-14-22(26-15-28)23-27-21-9-6-18(17-4-7-19(30)8-5-17)11-20(21)24(31)29(23)13-16-3-2-10-25-12-16/h4-9,11,14-16,25,30H,2-3,10,12-13H2,1H3. The molecule has 1 atom stereocenters. The number of aromatic nitrogens is 4. The van der Waals surface area contributed by atoms with E-state index in [0.29, 0.717) is 34.9 Å². The summed E-state index contributed by atoms with van der Waals surface area (Å²) in [5.74, 6) is 1.21. The van der Waals surface area contributed by atoms with Gasteiger partial charge in [0.15, 0.2) is 5.82 Å². The third-order valence-electron chi connectivity index (χ3n) is 5.93. The Morgan fingerprint density at radius 2 is 1.97 bits per heavy atom. The van der Waals surface area contributed by atoms with E-state index < -0.39 is 0 Å². The number of piperidine rings is 1.